The van der Waals surface area contributed by atoms with Gasteiger partial charge in [-0.25, -0.2) is 0 Å². The molecule has 1 unspecified atom stereocenters. The zero-order valence-corrected chi connectivity index (χ0v) is 9.51. The Hall–Kier alpha value is 0.0700. The molecule has 0 amide bonds. The molecule has 1 rings (SSSR count). The highest BCUT2D eigenvalue weighted by Crippen LogP contribution is 2.19. The van der Waals surface area contributed by atoms with E-state index in [1.165, 1.54) is 0 Å². The highest BCUT2D eigenvalue weighted by atomic mass is 35.5. The minimum absolute atomic E-state index is 0. The molecule has 13 heavy (non-hydrogen) atoms. The summed E-state index contributed by atoms with van der Waals surface area (Å²) in [5.41, 5.74) is 6.31. The first-order valence-electron chi connectivity index (χ1n) is 3.47. The van der Waals surface area contributed by atoms with E-state index in [-0.39, 0.29) is 12.4 Å². The Morgan fingerprint density at radius 2 is 2.15 bits per heavy atom. The Bertz CT molecular complexity index is 281. The van der Waals surface area contributed by atoms with E-state index in [1.807, 2.05) is 0 Å². The van der Waals surface area contributed by atoms with E-state index in [4.69, 9.17) is 17.3 Å². The topological polar surface area (TPSA) is 49.1 Å². The van der Waals surface area contributed by atoms with Crippen molar-refractivity contribution in [2.45, 2.75) is 11.4 Å². The van der Waals surface area contributed by atoms with Gasteiger partial charge in [-0.05, 0) is 29.4 Å². The predicted octanol–water partition coefficient (Wildman–Crippen LogP) is 1.96. The molecule has 0 fully saturated rings. The molecule has 2 nitrogen and oxygen atoms in total. The molecule has 0 aliphatic rings. The van der Waals surface area contributed by atoms with Crippen molar-refractivity contribution >= 4 is 35.2 Å². The first-order chi connectivity index (χ1) is 5.65. The summed E-state index contributed by atoms with van der Waals surface area (Å²) < 4.78 is 11.1. The Kier molecular flexibility index (Phi) is 5.76. The molecule has 0 aliphatic heterocycles. The van der Waals surface area contributed by atoms with Crippen LogP contribution in [0.2, 0.25) is 5.02 Å². The molecule has 5 heteroatoms. The first-order valence-corrected chi connectivity index (χ1v) is 5.40. The largest absolute Gasteiger partial charge is 0.612 e. The third-order valence-corrected chi connectivity index (χ3v) is 2.80. The van der Waals surface area contributed by atoms with E-state index in [9.17, 15) is 4.55 Å². The van der Waals surface area contributed by atoms with Crippen molar-refractivity contribution in [3.8, 4) is 0 Å². The summed E-state index contributed by atoms with van der Waals surface area (Å²) >= 11 is 4.76. The van der Waals surface area contributed by atoms with E-state index in [2.05, 4.69) is 0 Å². The molecule has 74 valence electrons. The maximum Gasteiger partial charge on any atom is 0.156 e. The molecule has 0 heterocycles. The second-order valence-electron chi connectivity index (χ2n) is 2.41. The van der Waals surface area contributed by atoms with Gasteiger partial charge in [0.1, 0.15) is 6.26 Å². The van der Waals surface area contributed by atoms with Crippen LogP contribution in [0.1, 0.15) is 5.56 Å². The highest BCUT2D eigenvalue weighted by Gasteiger charge is 2.10. The van der Waals surface area contributed by atoms with Gasteiger partial charge < -0.3 is 10.3 Å². The van der Waals surface area contributed by atoms with Crippen molar-refractivity contribution < 1.29 is 4.55 Å². The van der Waals surface area contributed by atoms with Gasteiger partial charge in [-0.1, -0.05) is 11.6 Å². The lowest BCUT2D eigenvalue weighted by molar-refractivity contribution is 0.599. The molecule has 1 aromatic rings. The molecule has 0 aromatic heterocycles. The molecule has 0 aliphatic carbocycles. The first kappa shape index (κ1) is 13.1. The SMILES string of the molecule is C[S+]([O-])c1ccc(Cl)cc1CN.Cl. The number of hydrogen-bond acceptors (Lipinski definition) is 2. The second kappa shape index (κ2) is 5.73. The molecule has 0 radical (unpaired) electrons. The van der Waals surface area contributed by atoms with Crippen molar-refractivity contribution in [3.05, 3.63) is 28.8 Å². The van der Waals surface area contributed by atoms with Gasteiger partial charge in [0.15, 0.2) is 4.90 Å². The van der Waals surface area contributed by atoms with Crippen LogP contribution in [0.25, 0.3) is 0 Å². The van der Waals surface area contributed by atoms with Crippen LogP contribution in [-0.4, -0.2) is 10.8 Å². The van der Waals surface area contributed by atoms with Crippen LogP contribution in [0.4, 0.5) is 0 Å². The molecule has 1 aromatic carbocycles. The monoisotopic (exact) mass is 239 g/mol. The predicted molar refractivity (Wildman–Crippen MR) is 58.9 cm³/mol. The Morgan fingerprint density at radius 1 is 1.54 bits per heavy atom. The van der Waals surface area contributed by atoms with Gasteiger partial charge in [-0.15, -0.1) is 12.4 Å². The summed E-state index contributed by atoms with van der Waals surface area (Å²) in [5, 5.41) is 0.629. The quantitative estimate of drug-likeness (QED) is 0.803. The fourth-order valence-electron chi connectivity index (χ4n) is 0.988. The lowest BCUT2D eigenvalue weighted by Crippen LogP contribution is -2.06. The number of benzene rings is 1. The fraction of sp³-hybridized carbons (Fsp3) is 0.250. The van der Waals surface area contributed by atoms with Gasteiger partial charge in [0.25, 0.3) is 0 Å². The van der Waals surface area contributed by atoms with Crippen molar-refractivity contribution in [1.29, 1.82) is 0 Å². The normalized spacial score (nSPS) is 12.0. The average Bonchev–Trinajstić information content (AvgIpc) is 2.03. The van der Waals surface area contributed by atoms with E-state index < -0.39 is 11.2 Å². The second-order valence-corrected chi connectivity index (χ2v) is 4.19. The van der Waals surface area contributed by atoms with Crippen LogP contribution in [0.5, 0.6) is 0 Å². The maximum atomic E-state index is 11.1. The lowest BCUT2D eigenvalue weighted by atomic mass is 10.2. The molecule has 0 spiro atoms. The van der Waals surface area contributed by atoms with E-state index in [1.54, 1.807) is 24.5 Å². The molecular formula is C8H11Cl2NOS. The zero-order chi connectivity index (χ0) is 9.14. The van der Waals surface area contributed by atoms with Crippen LogP contribution >= 0.6 is 24.0 Å². The van der Waals surface area contributed by atoms with Crippen molar-refractivity contribution in [2.24, 2.45) is 5.73 Å². The summed E-state index contributed by atoms with van der Waals surface area (Å²) in [6.07, 6.45) is 1.63. The molecule has 2 N–H and O–H groups in total. The molecule has 0 saturated heterocycles. The van der Waals surface area contributed by atoms with Crippen LogP contribution in [0.15, 0.2) is 23.1 Å². The van der Waals surface area contributed by atoms with Gasteiger partial charge in [0.2, 0.25) is 0 Å². The van der Waals surface area contributed by atoms with Crippen molar-refractivity contribution in [3.63, 3.8) is 0 Å². The number of halogens is 2. The molecule has 0 bridgehead atoms. The van der Waals surface area contributed by atoms with Gasteiger partial charge in [-0.3, -0.25) is 0 Å². The Morgan fingerprint density at radius 3 is 2.62 bits per heavy atom. The minimum Gasteiger partial charge on any atom is -0.612 e. The van der Waals surface area contributed by atoms with Gasteiger partial charge in [-0.2, -0.15) is 0 Å². The Labute approximate surface area is 92.1 Å². The Balaban J connectivity index is 0.00000144. The van der Waals surface area contributed by atoms with Crippen molar-refractivity contribution in [2.75, 3.05) is 6.26 Å². The van der Waals surface area contributed by atoms with E-state index >= 15 is 0 Å². The highest BCUT2D eigenvalue weighted by molar-refractivity contribution is 7.90. The van der Waals surface area contributed by atoms with E-state index in [0.717, 1.165) is 10.5 Å². The summed E-state index contributed by atoms with van der Waals surface area (Å²) in [5.74, 6) is 0. The van der Waals surface area contributed by atoms with Crippen LogP contribution < -0.4 is 5.73 Å². The molecular weight excluding hydrogens is 229 g/mol. The van der Waals surface area contributed by atoms with Crippen LogP contribution in [-0.2, 0) is 17.7 Å². The summed E-state index contributed by atoms with van der Waals surface area (Å²) in [6, 6.07) is 5.22. The standard InChI is InChI=1S/C8H10ClNOS.ClH/c1-12(11)8-3-2-7(9)4-6(8)5-10;/h2-4H,5,10H2,1H3;1H. The van der Waals surface area contributed by atoms with Crippen LogP contribution in [0, 0.1) is 0 Å². The molecule has 0 saturated carbocycles. The third kappa shape index (κ3) is 3.37. The van der Waals surface area contributed by atoms with E-state index in [0.29, 0.717) is 11.6 Å². The number of rotatable bonds is 2. The minimum atomic E-state index is -0.987. The number of hydrogen-bond donors (Lipinski definition) is 1. The number of nitrogens with two attached hydrogens (primary N) is 1. The molecule has 1 atom stereocenters. The van der Waals surface area contributed by atoms with Gasteiger partial charge >= 0.3 is 0 Å². The van der Waals surface area contributed by atoms with Crippen LogP contribution in [0.3, 0.4) is 0 Å². The lowest BCUT2D eigenvalue weighted by Gasteiger charge is -2.08. The zero-order valence-electron chi connectivity index (χ0n) is 7.12. The smallest absolute Gasteiger partial charge is 0.156 e. The maximum absolute atomic E-state index is 11.1. The van der Waals surface area contributed by atoms with Gasteiger partial charge in [0.05, 0.1) is 0 Å². The summed E-state index contributed by atoms with van der Waals surface area (Å²) in [6.45, 7) is 0.371. The van der Waals surface area contributed by atoms with Gasteiger partial charge in [0, 0.05) is 17.1 Å². The average molecular weight is 240 g/mol. The summed E-state index contributed by atoms with van der Waals surface area (Å²) in [7, 11) is 0. The fourth-order valence-corrected chi connectivity index (χ4v) is 1.95. The third-order valence-electron chi connectivity index (χ3n) is 1.55. The summed E-state index contributed by atoms with van der Waals surface area (Å²) in [4.78, 5) is 0.766. The van der Waals surface area contributed by atoms with Crippen molar-refractivity contribution in [1.82, 2.24) is 0 Å².